The van der Waals surface area contributed by atoms with Crippen molar-refractivity contribution < 1.29 is 4.42 Å². The minimum atomic E-state index is -0.175. The first-order chi connectivity index (χ1) is 11.3. The lowest BCUT2D eigenvalue weighted by Crippen LogP contribution is -2.05. The summed E-state index contributed by atoms with van der Waals surface area (Å²) in [6.07, 6.45) is 1.35. The molecule has 1 aromatic carbocycles. The van der Waals surface area contributed by atoms with Crippen LogP contribution < -0.4 is 5.56 Å². The second-order valence-corrected chi connectivity index (χ2v) is 3.81. The lowest BCUT2D eigenvalue weighted by molar-refractivity contribution is 0.568. The third kappa shape index (κ3) is 4.81. The zero-order valence-electron chi connectivity index (χ0n) is 15.2. The van der Waals surface area contributed by atoms with Crippen molar-refractivity contribution in [1.82, 2.24) is 9.97 Å². The molecule has 0 aliphatic heterocycles. The number of rotatable bonds is 1. The van der Waals surface area contributed by atoms with Crippen molar-refractivity contribution in [2.75, 3.05) is 0 Å². The zero-order chi connectivity index (χ0) is 17.8. The molecule has 0 spiro atoms. The van der Waals surface area contributed by atoms with Crippen molar-refractivity contribution in [3.05, 3.63) is 52.8 Å². The van der Waals surface area contributed by atoms with Crippen LogP contribution in [0.15, 0.2) is 45.9 Å². The van der Waals surface area contributed by atoms with E-state index in [2.05, 4.69) is 9.97 Å². The van der Waals surface area contributed by atoms with Crippen LogP contribution in [0.25, 0.3) is 22.2 Å². The molecule has 0 saturated heterocycles. The quantitative estimate of drug-likeness (QED) is 0.638. The van der Waals surface area contributed by atoms with Crippen LogP contribution in [0.1, 0.15) is 47.3 Å². The Labute approximate surface area is 138 Å². The average molecular weight is 316 g/mol. The number of aryl methyl sites for hydroxylation is 1. The molecule has 0 radical (unpaired) electrons. The Hall–Kier alpha value is -2.36. The molecule has 4 nitrogen and oxygen atoms in total. The van der Waals surface area contributed by atoms with Gasteiger partial charge in [-0.25, -0.2) is 4.98 Å². The number of nitrogens with zero attached hydrogens (tertiary/aromatic N) is 1. The molecule has 126 valence electrons. The average Bonchev–Trinajstić information content (AvgIpc) is 2.98. The summed E-state index contributed by atoms with van der Waals surface area (Å²) in [5.74, 6) is 0.704. The highest BCUT2D eigenvalue weighted by atomic mass is 16.3. The first-order valence-corrected chi connectivity index (χ1v) is 8.29. The first-order valence-electron chi connectivity index (χ1n) is 8.29. The highest BCUT2D eigenvalue weighted by molar-refractivity contribution is 5.93. The number of hydrogen-bond acceptors (Lipinski definition) is 3. The van der Waals surface area contributed by atoms with E-state index in [4.69, 9.17) is 4.42 Å². The molecule has 0 fully saturated rings. The molecule has 3 rings (SSSR count). The van der Waals surface area contributed by atoms with Crippen molar-refractivity contribution in [1.29, 1.82) is 0 Å². The van der Waals surface area contributed by atoms with E-state index in [1.165, 1.54) is 6.33 Å². The van der Waals surface area contributed by atoms with Crippen LogP contribution in [0.4, 0.5) is 0 Å². The Kier molecular flexibility index (Phi) is 10.1. The number of aromatic nitrogens is 2. The summed E-state index contributed by atoms with van der Waals surface area (Å²) in [6, 6.07) is 9.69. The molecule has 2 heterocycles. The summed E-state index contributed by atoms with van der Waals surface area (Å²) >= 11 is 0. The van der Waals surface area contributed by atoms with Gasteiger partial charge in [0.05, 0.1) is 6.33 Å². The lowest BCUT2D eigenvalue weighted by atomic mass is 10.0. The normalized spacial score (nSPS) is 8.83. The number of nitrogens with one attached hydrogen (secondary N) is 1. The van der Waals surface area contributed by atoms with Crippen molar-refractivity contribution >= 4 is 11.1 Å². The molecular formula is C19H28N2O2. The van der Waals surface area contributed by atoms with E-state index in [9.17, 15) is 4.79 Å². The van der Waals surface area contributed by atoms with Gasteiger partial charge in [0.1, 0.15) is 11.1 Å². The van der Waals surface area contributed by atoms with Crippen molar-refractivity contribution in [2.24, 2.45) is 0 Å². The summed E-state index contributed by atoms with van der Waals surface area (Å²) in [5, 5.41) is 0.510. The maximum Gasteiger partial charge on any atom is 0.262 e. The largest absolute Gasteiger partial charge is 0.442 e. The van der Waals surface area contributed by atoms with Crippen molar-refractivity contribution in [2.45, 2.75) is 48.5 Å². The Morgan fingerprint density at radius 3 is 2.09 bits per heavy atom. The maximum atomic E-state index is 11.8. The fourth-order valence-corrected chi connectivity index (χ4v) is 2.01. The highest BCUT2D eigenvalue weighted by Gasteiger charge is 2.16. The molecule has 0 atom stereocenters. The molecule has 0 amide bonds. The number of benzene rings is 1. The predicted octanol–water partition coefficient (Wildman–Crippen LogP) is 5.57. The molecule has 0 bridgehead atoms. The number of aromatic amines is 1. The molecule has 0 aliphatic rings. The zero-order valence-corrected chi connectivity index (χ0v) is 15.2. The van der Waals surface area contributed by atoms with Crippen LogP contribution in [0.5, 0.6) is 0 Å². The Balaban J connectivity index is 0.000000728. The van der Waals surface area contributed by atoms with Gasteiger partial charge >= 0.3 is 0 Å². The highest BCUT2D eigenvalue weighted by Crippen LogP contribution is 2.30. The summed E-state index contributed by atoms with van der Waals surface area (Å²) in [6.45, 7) is 13.8. The van der Waals surface area contributed by atoms with Gasteiger partial charge in [-0.05, 0) is 12.5 Å². The van der Waals surface area contributed by atoms with Gasteiger partial charge in [0.15, 0.2) is 0 Å². The molecule has 0 aliphatic carbocycles. The molecular weight excluding hydrogens is 288 g/mol. The Bertz CT molecular complexity index is 728. The van der Waals surface area contributed by atoms with Crippen LogP contribution in [-0.2, 0) is 0 Å². The summed E-state index contributed by atoms with van der Waals surface area (Å²) in [7, 11) is 0. The fourth-order valence-electron chi connectivity index (χ4n) is 2.01. The van der Waals surface area contributed by atoms with Gasteiger partial charge in [0, 0.05) is 5.56 Å². The predicted molar refractivity (Wildman–Crippen MR) is 98.8 cm³/mol. The van der Waals surface area contributed by atoms with Gasteiger partial charge in [0.2, 0.25) is 5.71 Å². The molecule has 4 heteroatoms. The van der Waals surface area contributed by atoms with Gasteiger partial charge < -0.3 is 9.40 Å². The SMILES string of the molecule is CC.CC.CC.Cc1oc2nc[nH]c(=O)c2c1-c1ccccc1. The number of furan rings is 1. The van der Waals surface area contributed by atoms with E-state index in [0.29, 0.717) is 16.9 Å². The van der Waals surface area contributed by atoms with E-state index >= 15 is 0 Å². The Morgan fingerprint density at radius 2 is 1.52 bits per heavy atom. The summed E-state index contributed by atoms with van der Waals surface area (Å²) < 4.78 is 5.50. The van der Waals surface area contributed by atoms with Crippen LogP contribution in [0, 0.1) is 6.92 Å². The molecule has 0 unspecified atom stereocenters. The van der Waals surface area contributed by atoms with E-state index in [-0.39, 0.29) is 5.56 Å². The number of fused-ring (bicyclic) bond motifs is 1. The second-order valence-electron chi connectivity index (χ2n) is 3.81. The van der Waals surface area contributed by atoms with Crippen molar-refractivity contribution in [3.63, 3.8) is 0 Å². The molecule has 23 heavy (non-hydrogen) atoms. The molecule has 0 saturated carbocycles. The van der Waals surface area contributed by atoms with Crippen LogP contribution in [-0.4, -0.2) is 9.97 Å². The van der Waals surface area contributed by atoms with Crippen LogP contribution >= 0.6 is 0 Å². The van der Waals surface area contributed by atoms with E-state index in [1.54, 1.807) is 0 Å². The van der Waals surface area contributed by atoms with Gasteiger partial charge in [-0.15, -0.1) is 0 Å². The van der Waals surface area contributed by atoms with Gasteiger partial charge in [0.25, 0.3) is 5.56 Å². The number of hydrogen-bond donors (Lipinski definition) is 1. The second kappa shape index (κ2) is 11.2. The van der Waals surface area contributed by atoms with Gasteiger partial charge in [-0.1, -0.05) is 71.9 Å². The third-order valence-electron chi connectivity index (χ3n) is 2.73. The fraction of sp³-hybridized carbons (Fsp3) is 0.368. The van der Waals surface area contributed by atoms with Crippen molar-refractivity contribution in [3.8, 4) is 11.1 Å². The monoisotopic (exact) mass is 316 g/mol. The van der Waals surface area contributed by atoms with E-state index in [0.717, 1.165) is 11.1 Å². The minimum absolute atomic E-state index is 0.175. The molecule has 1 N–H and O–H groups in total. The number of H-pyrrole nitrogens is 1. The van der Waals surface area contributed by atoms with Crippen LogP contribution in [0.2, 0.25) is 0 Å². The van der Waals surface area contributed by atoms with E-state index in [1.807, 2.05) is 78.8 Å². The Morgan fingerprint density at radius 1 is 0.957 bits per heavy atom. The summed E-state index contributed by atoms with van der Waals surface area (Å²) in [5.41, 5.74) is 1.98. The molecule has 2 aromatic heterocycles. The maximum absolute atomic E-state index is 11.8. The van der Waals surface area contributed by atoms with Gasteiger partial charge in [-0.3, -0.25) is 4.79 Å². The molecule has 3 aromatic rings. The van der Waals surface area contributed by atoms with E-state index < -0.39 is 0 Å². The standard InChI is InChI=1S/C13H10N2O2.3C2H6/c1-8-10(9-5-3-2-4-6-9)11-12(16)14-7-15-13(11)17-8;3*1-2/h2-7H,1H3,(H,14,15,16);3*1-2H3. The third-order valence-corrected chi connectivity index (χ3v) is 2.73. The summed E-state index contributed by atoms with van der Waals surface area (Å²) in [4.78, 5) is 18.4. The first kappa shape index (κ1) is 20.6. The lowest BCUT2D eigenvalue weighted by Gasteiger charge is -1.98. The topological polar surface area (TPSA) is 58.9 Å². The smallest absolute Gasteiger partial charge is 0.262 e. The van der Waals surface area contributed by atoms with Crippen LogP contribution in [0.3, 0.4) is 0 Å². The van der Waals surface area contributed by atoms with Gasteiger partial charge in [-0.2, -0.15) is 0 Å². The minimum Gasteiger partial charge on any atom is -0.442 e.